The summed E-state index contributed by atoms with van der Waals surface area (Å²) in [5.74, 6) is -0.223. The van der Waals surface area contributed by atoms with Crippen LogP contribution in [0.1, 0.15) is 12.8 Å². The average Bonchev–Trinajstić information content (AvgIpc) is 2.20. The first-order valence-electron chi connectivity index (χ1n) is 4.67. The summed E-state index contributed by atoms with van der Waals surface area (Å²) >= 11 is 0. The molecule has 1 fully saturated rings. The van der Waals surface area contributed by atoms with Crippen molar-refractivity contribution in [1.29, 1.82) is 0 Å². The van der Waals surface area contributed by atoms with Gasteiger partial charge in [-0.25, -0.2) is 0 Å². The van der Waals surface area contributed by atoms with E-state index < -0.39 is 5.79 Å². The second kappa shape index (κ2) is 4.91. The van der Waals surface area contributed by atoms with Gasteiger partial charge >= 0.3 is 0 Å². The van der Waals surface area contributed by atoms with E-state index in [2.05, 4.69) is 0 Å². The highest BCUT2D eigenvalue weighted by atomic mass is 16.7. The van der Waals surface area contributed by atoms with E-state index >= 15 is 0 Å². The van der Waals surface area contributed by atoms with Crippen molar-refractivity contribution in [2.45, 2.75) is 18.6 Å². The fraction of sp³-hybridized carbons (Fsp3) is 1.00. The molecule has 1 atom stereocenters. The summed E-state index contributed by atoms with van der Waals surface area (Å²) in [6.07, 6.45) is 1.66. The molecule has 0 bridgehead atoms. The van der Waals surface area contributed by atoms with E-state index in [4.69, 9.17) is 19.9 Å². The number of methoxy groups -OCH3 is 2. The largest absolute Gasteiger partial charge is 0.381 e. The van der Waals surface area contributed by atoms with Crippen molar-refractivity contribution in [1.82, 2.24) is 0 Å². The number of hydrogen-bond donors (Lipinski definition) is 1. The Morgan fingerprint density at radius 2 is 2.15 bits per heavy atom. The van der Waals surface area contributed by atoms with Crippen LogP contribution in [0.4, 0.5) is 0 Å². The van der Waals surface area contributed by atoms with E-state index in [-0.39, 0.29) is 5.92 Å². The molecule has 0 amide bonds. The molecule has 4 nitrogen and oxygen atoms in total. The van der Waals surface area contributed by atoms with Crippen LogP contribution < -0.4 is 5.73 Å². The van der Waals surface area contributed by atoms with Gasteiger partial charge in [-0.1, -0.05) is 0 Å². The smallest absolute Gasteiger partial charge is 0.174 e. The molecule has 13 heavy (non-hydrogen) atoms. The second-order valence-electron chi connectivity index (χ2n) is 3.32. The molecule has 1 unspecified atom stereocenters. The molecule has 0 spiro atoms. The van der Waals surface area contributed by atoms with Gasteiger partial charge in [0.05, 0.1) is 13.2 Å². The lowest BCUT2D eigenvalue weighted by molar-refractivity contribution is -0.276. The molecule has 0 radical (unpaired) electrons. The summed E-state index contributed by atoms with van der Waals surface area (Å²) in [6.45, 7) is 2.02. The van der Waals surface area contributed by atoms with Crippen LogP contribution in [0.5, 0.6) is 0 Å². The summed E-state index contributed by atoms with van der Waals surface area (Å²) in [6, 6.07) is 0. The summed E-state index contributed by atoms with van der Waals surface area (Å²) in [5, 5.41) is 0. The van der Waals surface area contributed by atoms with Crippen molar-refractivity contribution in [3.63, 3.8) is 0 Å². The van der Waals surface area contributed by atoms with Gasteiger partial charge in [0.25, 0.3) is 0 Å². The van der Waals surface area contributed by atoms with E-state index in [0.717, 1.165) is 12.8 Å². The lowest BCUT2D eigenvalue weighted by Crippen LogP contribution is -2.49. The third-order valence-corrected chi connectivity index (χ3v) is 2.74. The van der Waals surface area contributed by atoms with Gasteiger partial charge < -0.3 is 19.9 Å². The van der Waals surface area contributed by atoms with Crippen LogP contribution in [0.3, 0.4) is 0 Å². The van der Waals surface area contributed by atoms with Crippen LogP contribution in [-0.2, 0) is 14.2 Å². The van der Waals surface area contributed by atoms with E-state index in [9.17, 15) is 0 Å². The summed E-state index contributed by atoms with van der Waals surface area (Å²) in [4.78, 5) is 0. The van der Waals surface area contributed by atoms with Gasteiger partial charge in [-0.05, 0) is 13.0 Å². The first-order chi connectivity index (χ1) is 6.29. The summed E-state index contributed by atoms with van der Waals surface area (Å²) < 4.78 is 16.2. The van der Waals surface area contributed by atoms with Crippen LogP contribution in [0, 0.1) is 5.92 Å². The molecule has 4 heteroatoms. The average molecular weight is 189 g/mol. The second-order valence-corrected chi connectivity index (χ2v) is 3.32. The van der Waals surface area contributed by atoms with Gasteiger partial charge in [-0.3, -0.25) is 0 Å². The number of nitrogens with two attached hydrogens (primary N) is 1. The van der Waals surface area contributed by atoms with Crippen molar-refractivity contribution >= 4 is 0 Å². The lowest BCUT2D eigenvalue weighted by atomic mass is 9.91. The quantitative estimate of drug-likeness (QED) is 0.649. The SMILES string of the molecule is COC1(OC)CCOCC1CCN. The minimum atomic E-state index is -0.475. The van der Waals surface area contributed by atoms with Gasteiger partial charge in [0.2, 0.25) is 0 Å². The predicted molar refractivity (Wildman–Crippen MR) is 49.3 cm³/mol. The van der Waals surface area contributed by atoms with Gasteiger partial charge in [0.15, 0.2) is 5.79 Å². The molecule has 1 aliphatic rings. The Morgan fingerprint density at radius 3 is 2.69 bits per heavy atom. The molecule has 0 aliphatic carbocycles. The Morgan fingerprint density at radius 1 is 1.46 bits per heavy atom. The van der Waals surface area contributed by atoms with Crippen LogP contribution in [0.15, 0.2) is 0 Å². The van der Waals surface area contributed by atoms with Gasteiger partial charge in [-0.15, -0.1) is 0 Å². The van der Waals surface area contributed by atoms with Crippen molar-refractivity contribution in [2.24, 2.45) is 11.7 Å². The standard InChI is InChI=1S/C9H19NO3/c1-11-9(12-2)4-6-13-7-8(9)3-5-10/h8H,3-7,10H2,1-2H3. The van der Waals surface area contributed by atoms with Crippen LogP contribution >= 0.6 is 0 Å². The Balaban J connectivity index is 2.63. The Hall–Kier alpha value is -0.160. The van der Waals surface area contributed by atoms with Crippen LogP contribution in [0.2, 0.25) is 0 Å². The molecule has 1 aliphatic heterocycles. The Labute approximate surface area is 79.3 Å². The maximum absolute atomic E-state index is 5.52. The van der Waals surface area contributed by atoms with Crippen molar-refractivity contribution in [3.05, 3.63) is 0 Å². The molecule has 78 valence electrons. The van der Waals surface area contributed by atoms with Crippen molar-refractivity contribution in [2.75, 3.05) is 34.0 Å². The van der Waals surface area contributed by atoms with E-state index in [0.29, 0.717) is 19.8 Å². The number of ether oxygens (including phenoxy) is 3. The first-order valence-corrected chi connectivity index (χ1v) is 4.67. The topological polar surface area (TPSA) is 53.7 Å². The maximum atomic E-state index is 5.52. The molecule has 0 aromatic carbocycles. The molecular formula is C9H19NO3. The zero-order valence-electron chi connectivity index (χ0n) is 8.41. The first kappa shape index (κ1) is 10.9. The molecule has 0 saturated carbocycles. The third kappa shape index (κ3) is 2.20. The van der Waals surface area contributed by atoms with Gasteiger partial charge in [-0.2, -0.15) is 0 Å². The van der Waals surface area contributed by atoms with E-state index in [1.54, 1.807) is 14.2 Å². The number of hydrogen-bond acceptors (Lipinski definition) is 4. The highest BCUT2D eigenvalue weighted by Crippen LogP contribution is 2.32. The third-order valence-electron chi connectivity index (χ3n) is 2.74. The molecule has 1 saturated heterocycles. The Kier molecular flexibility index (Phi) is 4.12. The van der Waals surface area contributed by atoms with Crippen molar-refractivity contribution < 1.29 is 14.2 Å². The molecule has 1 rings (SSSR count). The van der Waals surface area contributed by atoms with Crippen LogP contribution in [0.25, 0.3) is 0 Å². The summed E-state index contributed by atoms with van der Waals surface area (Å²) in [5.41, 5.74) is 5.52. The molecular weight excluding hydrogens is 170 g/mol. The zero-order chi connectivity index (χ0) is 9.73. The molecule has 2 N–H and O–H groups in total. The van der Waals surface area contributed by atoms with Crippen LogP contribution in [-0.4, -0.2) is 39.8 Å². The fourth-order valence-electron chi connectivity index (χ4n) is 1.90. The van der Waals surface area contributed by atoms with E-state index in [1.807, 2.05) is 0 Å². The minimum absolute atomic E-state index is 0.251. The minimum Gasteiger partial charge on any atom is -0.381 e. The fourth-order valence-corrected chi connectivity index (χ4v) is 1.90. The normalized spacial score (nSPS) is 27.5. The van der Waals surface area contributed by atoms with E-state index in [1.165, 1.54) is 0 Å². The predicted octanol–water partition coefficient (Wildman–Crippen LogP) is 0.361. The molecule has 0 aromatic heterocycles. The highest BCUT2D eigenvalue weighted by Gasteiger charge is 2.41. The zero-order valence-corrected chi connectivity index (χ0v) is 8.41. The maximum Gasteiger partial charge on any atom is 0.174 e. The lowest BCUT2D eigenvalue weighted by Gasteiger charge is -2.41. The van der Waals surface area contributed by atoms with Gasteiger partial charge in [0.1, 0.15) is 0 Å². The van der Waals surface area contributed by atoms with Gasteiger partial charge in [0, 0.05) is 26.6 Å². The highest BCUT2D eigenvalue weighted by molar-refractivity contribution is 4.82. The monoisotopic (exact) mass is 189 g/mol. The summed E-state index contributed by atoms with van der Waals surface area (Å²) in [7, 11) is 3.36. The van der Waals surface area contributed by atoms with Crippen molar-refractivity contribution in [3.8, 4) is 0 Å². The molecule has 1 heterocycles. The number of rotatable bonds is 4. The molecule has 0 aromatic rings. The Bertz CT molecular complexity index is 146.